The number of nitrogens with zero attached hydrogens (tertiary/aromatic N) is 3. The Balaban J connectivity index is 1.82. The minimum Gasteiger partial charge on any atom is -0.463 e. The van der Waals surface area contributed by atoms with Crippen molar-refractivity contribution >= 4 is 40.4 Å². The number of thiazole rings is 1. The van der Waals surface area contributed by atoms with Crippen molar-refractivity contribution in [3.8, 4) is 0 Å². The average Bonchev–Trinajstić information content (AvgIpc) is 3.44. The zero-order valence-electron chi connectivity index (χ0n) is 19.2. The van der Waals surface area contributed by atoms with Gasteiger partial charge in [-0.05, 0) is 62.9 Å². The van der Waals surface area contributed by atoms with Gasteiger partial charge in [-0.15, -0.1) is 11.3 Å². The lowest BCUT2D eigenvalue weighted by Crippen LogP contribution is -2.39. The number of carbonyl (C=O) groups excluding carboxylic acids is 1. The van der Waals surface area contributed by atoms with Crippen LogP contribution in [0.1, 0.15) is 44.2 Å². The molecule has 0 radical (unpaired) electrons. The molecule has 0 saturated heterocycles. The Hall–Kier alpha value is -2.97. The minimum atomic E-state index is -0.535. The molecule has 0 unspecified atom stereocenters. The summed E-state index contributed by atoms with van der Waals surface area (Å²) in [4.78, 5) is 34.7. The van der Waals surface area contributed by atoms with E-state index in [1.54, 1.807) is 18.4 Å². The molecule has 4 rings (SSSR count). The van der Waals surface area contributed by atoms with Crippen LogP contribution in [0.2, 0.25) is 0 Å². The molecule has 2 aromatic heterocycles. The fraction of sp³-hybridized carbons (Fsp3) is 0.320. The second-order valence-corrected chi connectivity index (χ2v) is 9.57. The monoisotopic (exact) mass is 481 g/mol. The molecule has 33 heavy (non-hydrogen) atoms. The summed E-state index contributed by atoms with van der Waals surface area (Å²) in [6, 6.07) is 11.5. The van der Waals surface area contributed by atoms with Crippen LogP contribution in [0.25, 0.3) is 6.08 Å². The van der Waals surface area contributed by atoms with Gasteiger partial charge in [0.25, 0.3) is 5.56 Å². The molecule has 0 N–H and O–H groups in total. The van der Waals surface area contributed by atoms with Crippen LogP contribution in [0, 0.1) is 0 Å². The van der Waals surface area contributed by atoms with Crippen LogP contribution in [0.4, 0.5) is 5.69 Å². The molecule has 3 aromatic rings. The van der Waals surface area contributed by atoms with Crippen molar-refractivity contribution in [3.63, 3.8) is 0 Å². The van der Waals surface area contributed by atoms with Crippen LogP contribution in [0.3, 0.4) is 0 Å². The van der Waals surface area contributed by atoms with Crippen molar-refractivity contribution in [3.05, 3.63) is 83.2 Å². The summed E-state index contributed by atoms with van der Waals surface area (Å²) in [5, 5.41) is 1.95. The van der Waals surface area contributed by atoms with Gasteiger partial charge in [-0.1, -0.05) is 29.5 Å². The van der Waals surface area contributed by atoms with Gasteiger partial charge in [-0.25, -0.2) is 9.79 Å². The van der Waals surface area contributed by atoms with Crippen LogP contribution in [0.5, 0.6) is 0 Å². The first-order valence-electron chi connectivity index (χ1n) is 11.1. The largest absolute Gasteiger partial charge is 0.463 e. The molecule has 0 bridgehead atoms. The van der Waals surface area contributed by atoms with E-state index in [0.717, 1.165) is 29.2 Å². The Bertz CT molecular complexity index is 1350. The van der Waals surface area contributed by atoms with E-state index in [1.807, 2.05) is 35.7 Å². The molecular weight excluding hydrogens is 454 g/mol. The lowest BCUT2D eigenvalue weighted by molar-refractivity contribution is -0.139. The maximum absolute atomic E-state index is 13.5. The molecule has 3 heterocycles. The van der Waals surface area contributed by atoms with E-state index in [0.29, 0.717) is 20.6 Å². The number of ether oxygens (including phenoxy) is 1. The number of fused-ring (bicyclic) bond motifs is 1. The average molecular weight is 482 g/mol. The normalized spacial score (nSPS) is 15.9. The van der Waals surface area contributed by atoms with Gasteiger partial charge in [0.05, 0.1) is 22.4 Å². The second kappa shape index (κ2) is 9.89. The van der Waals surface area contributed by atoms with Crippen molar-refractivity contribution in [2.45, 2.75) is 33.7 Å². The Morgan fingerprint density at radius 3 is 2.52 bits per heavy atom. The van der Waals surface area contributed by atoms with Gasteiger partial charge in [-0.3, -0.25) is 9.36 Å². The number of anilines is 1. The number of thiophene rings is 1. The lowest BCUT2D eigenvalue weighted by Gasteiger charge is -2.23. The first kappa shape index (κ1) is 23.2. The van der Waals surface area contributed by atoms with Gasteiger partial charge in [0, 0.05) is 23.7 Å². The van der Waals surface area contributed by atoms with Gasteiger partial charge in [0.2, 0.25) is 0 Å². The minimum absolute atomic E-state index is 0.153. The van der Waals surface area contributed by atoms with Gasteiger partial charge in [-0.2, -0.15) is 0 Å². The van der Waals surface area contributed by atoms with E-state index in [-0.39, 0.29) is 12.2 Å². The molecule has 0 saturated carbocycles. The SMILES string of the molecule is CCOC(=O)C1=C(C)N=c2s/c(=C/c3ccc(N(CC)CC)cc3)c(=O)n2[C@@H]1c1cccs1. The maximum atomic E-state index is 13.5. The zero-order valence-corrected chi connectivity index (χ0v) is 20.8. The van der Waals surface area contributed by atoms with Crippen molar-refractivity contribution in [1.82, 2.24) is 4.57 Å². The van der Waals surface area contributed by atoms with Crippen LogP contribution < -0.4 is 19.8 Å². The molecule has 6 nitrogen and oxygen atoms in total. The summed E-state index contributed by atoms with van der Waals surface area (Å²) in [7, 11) is 0. The standard InChI is InChI=1S/C25H27N3O3S2/c1-5-27(6-2)18-12-10-17(11-13-18)15-20-23(29)28-22(19-9-8-14-32-19)21(24(30)31-7-3)16(4)26-25(28)33-20/h8-15,22H,5-7H2,1-4H3/b20-15+/t22-/m1/s1. The van der Waals surface area contributed by atoms with Gasteiger partial charge in [0.15, 0.2) is 4.80 Å². The zero-order chi connectivity index (χ0) is 23.5. The van der Waals surface area contributed by atoms with E-state index in [9.17, 15) is 9.59 Å². The highest BCUT2D eigenvalue weighted by Crippen LogP contribution is 2.33. The summed E-state index contributed by atoms with van der Waals surface area (Å²) >= 11 is 2.86. The first-order valence-corrected chi connectivity index (χ1v) is 12.8. The molecule has 1 aliphatic rings. The van der Waals surface area contributed by atoms with Gasteiger partial charge in [0.1, 0.15) is 6.04 Å². The van der Waals surface area contributed by atoms with E-state index >= 15 is 0 Å². The third-order valence-corrected chi connectivity index (χ3v) is 7.56. The van der Waals surface area contributed by atoms with Crippen molar-refractivity contribution in [1.29, 1.82) is 0 Å². The fourth-order valence-electron chi connectivity index (χ4n) is 4.03. The highest BCUT2D eigenvalue weighted by atomic mass is 32.1. The molecular formula is C25H27N3O3S2. The van der Waals surface area contributed by atoms with Crippen LogP contribution in [-0.2, 0) is 9.53 Å². The van der Waals surface area contributed by atoms with Crippen molar-refractivity contribution in [2.75, 3.05) is 24.6 Å². The maximum Gasteiger partial charge on any atom is 0.338 e. The summed E-state index contributed by atoms with van der Waals surface area (Å²) in [5.74, 6) is -0.432. The molecule has 0 fully saturated rings. The Morgan fingerprint density at radius 2 is 1.91 bits per heavy atom. The van der Waals surface area contributed by atoms with E-state index in [4.69, 9.17) is 4.74 Å². The molecule has 0 amide bonds. The number of rotatable bonds is 7. The molecule has 0 spiro atoms. The van der Waals surface area contributed by atoms with Crippen molar-refractivity contribution in [2.24, 2.45) is 4.99 Å². The fourth-order valence-corrected chi connectivity index (χ4v) is 5.90. The molecule has 172 valence electrons. The number of carbonyl (C=O) groups is 1. The predicted octanol–water partition coefficient (Wildman–Crippen LogP) is 3.71. The number of hydrogen-bond donors (Lipinski definition) is 0. The van der Waals surface area contributed by atoms with Crippen LogP contribution >= 0.6 is 22.7 Å². The highest BCUT2D eigenvalue weighted by molar-refractivity contribution is 7.10. The molecule has 1 aliphatic heterocycles. The highest BCUT2D eigenvalue weighted by Gasteiger charge is 2.33. The number of hydrogen-bond acceptors (Lipinski definition) is 7. The molecule has 8 heteroatoms. The number of allylic oxidation sites excluding steroid dienone is 1. The first-order chi connectivity index (χ1) is 16.0. The van der Waals surface area contributed by atoms with Crippen LogP contribution in [0.15, 0.2) is 62.8 Å². The van der Waals surface area contributed by atoms with Gasteiger partial charge >= 0.3 is 5.97 Å². The molecule has 1 aromatic carbocycles. The topological polar surface area (TPSA) is 63.9 Å². The summed E-state index contributed by atoms with van der Waals surface area (Å²) in [5.41, 5.74) is 2.96. The Kier molecular flexibility index (Phi) is 6.95. The quantitative estimate of drug-likeness (QED) is 0.483. The second-order valence-electron chi connectivity index (χ2n) is 7.58. The summed E-state index contributed by atoms with van der Waals surface area (Å²) in [6.07, 6.45) is 1.89. The number of esters is 1. The molecule has 0 aliphatic carbocycles. The van der Waals surface area contributed by atoms with E-state index < -0.39 is 12.0 Å². The Labute approximate surface area is 200 Å². The van der Waals surface area contributed by atoms with E-state index in [1.165, 1.54) is 22.7 Å². The predicted molar refractivity (Wildman–Crippen MR) is 135 cm³/mol. The third-order valence-electron chi connectivity index (χ3n) is 5.65. The number of benzene rings is 1. The summed E-state index contributed by atoms with van der Waals surface area (Å²) < 4.78 is 7.53. The van der Waals surface area contributed by atoms with Crippen molar-refractivity contribution < 1.29 is 9.53 Å². The third kappa shape index (κ3) is 4.45. The molecule has 1 atom stereocenters. The number of aromatic nitrogens is 1. The smallest absolute Gasteiger partial charge is 0.338 e. The van der Waals surface area contributed by atoms with Gasteiger partial charge < -0.3 is 9.64 Å². The van der Waals surface area contributed by atoms with E-state index in [2.05, 4.69) is 35.9 Å². The summed E-state index contributed by atoms with van der Waals surface area (Å²) in [6.45, 7) is 9.99. The Morgan fingerprint density at radius 1 is 1.18 bits per heavy atom. The van der Waals surface area contributed by atoms with Crippen LogP contribution in [-0.4, -0.2) is 30.2 Å². The lowest BCUT2D eigenvalue weighted by atomic mass is 10.0.